The van der Waals surface area contributed by atoms with E-state index in [0.717, 1.165) is 27.2 Å². The minimum absolute atomic E-state index is 0.0336. The van der Waals surface area contributed by atoms with Crippen molar-refractivity contribution in [3.8, 4) is 5.75 Å². The van der Waals surface area contributed by atoms with E-state index in [-0.39, 0.29) is 11.2 Å². The summed E-state index contributed by atoms with van der Waals surface area (Å²) in [5.74, 6) is 0.772. The van der Waals surface area contributed by atoms with Crippen LogP contribution in [0, 0.1) is 0 Å². The molecule has 1 atom stereocenters. The number of fused-ring (bicyclic) bond motifs is 1. The molecule has 2 N–H and O–H groups in total. The van der Waals surface area contributed by atoms with Crippen LogP contribution in [0.4, 0.5) is 5.69 Å². The molecule has 1 unspecified atom stereocenters. The van der Waals surface area contributed by atoms with Gasteiger partial charge in [0.15, 0.2) is 0 Å². The summed E-state index contributed by atoms with van der Waals surface area (Å²) >= 11 is 1.51. The molecule has 2 aromatic carbocycles. The molecular formula is C17H17N3O2S. The van der Waals surface area contributed by atoms with E-state index in [2.05, 4.69) is 15.5 Å². The molecule has 0 fully saturated rings. The van der Waals surface area contributed by atoms with Crippen molar-refractivity contribution in [1.82, 2.24) is 10.2 Å². The SMILES string of the molecule is COc1ccc(SC(C)C(=O)Nc2ccc3[nH]ncc3c2)cc1. The largest absolute Gasteiger partial charge is 0.497 e. The van der Waals surface area contributed by atoms with Gasteiger partial charge in [0.1, 0.15) is 5.75 Å². The summed E-state index contributed by atoms with van der Waals surface area (Å²) in [5, 5.41) is 10.6. The van der Waals surface area contributed by atoms with E-state index < -0.39 is 0 Å². The van der Waals surface area contributed by atoms with Gasteiger partial charge in [-0.25, -0.2) is 0 Å². The second-order valence-corrected chi connectivity index (χ2v) is 6.51. The van der Waals surface area contributed by atoms with Crippen LogP contribution >= 0.6 is 11.8 Å². The van der Waals surface area contributed by atoms with Crippen molar-refractivity contribution < 1.29 is 9.53 Å². The van der Waals surface area contributed by atoms with Gasteiger partial charge in [-0.05, 0) is 49.4 Å². The van der Waals surface area contributed by atoms with Crippen LogP contribution in [0.3, 0.4) is 0 Å². The number of rotatable bonds is 5. The Labute approximate surface area is 138 Å². The van der Waals surface area contributed by atoms with Gasteiger partial charge >= 0.3 is 0 Å². The van der Waals surface area contributed by atoms with E-state index >= 15 is 0 Å². The fourth-order valence-electron chi connectivity index (χ4n) is 2.18. The zero-order chi connectivity index (χ0) is 16.2. The van der Waals surface area contributed by atoms with Crippen molar-refractivity contribution >= 4 is 34.3 Å². The Balaban J connectivity index is 1.64. The number of H-pyrrole nitrogens is 1. The maximum absolute atomic E-state index is 12.3. The third-order valence-corrected chi connectivity index (χ3v) is 4.56. The van der Waals surface area contributed by atoms with E-state index in [4.69, 9.17) is 4.74 Å². The van der Waals surface area contributed by atoms with Gasteiger partial charge in [0.25, 0.3) is 0 Å². The topological polar surface area (TPSA) is 67.0 Å². The first-order valence-electron chi connectivity index (χ1n) is 7.20. The van der Waals surface area contributed by atoms with Gasteiger partial charge in [-0.2, -0.15) is 5.10 Å². The van der Waals surface area contributed by atoms with Crippen LogP contribution in [-0.2, 0) is 4.79 Å². The van der Waals surface area contributed by atoms with Crippen molar-refractivity contribution in [2.45, 2.75) is 17.1 Å². The third-order valence-electron chi connectivity index (χ3n) is 3.45. The number of anilines is 1. The van der Waals surface area contributed by atoms with E-state index in [1.807, 2.05) is 49.4 Å². The number of nitrogens with one attached hydrogen (secondary N) is 2. The van der Waals surface area contributed by atoms with Gasteiger partial charge in [-0.3, -0.25) is 9.89 Å². The van der Waals surface area contributed by atoms with Crippen LogP contribution in [0.1, 0.15) is 6.92 Å². The van der Waals surface area contributed by atoms with E-state index in [1.54, 1.807) is 13.3 Å². The molecule has 0 aliphatic heterocycles. The maximum atomic E-state index is 12.3. The first-order chi connectivity index (χ1) is 11.2. The Morgan fingerprint density at radius 1 is 1.26 bits per heavy atom. The summed E-state index contributed by atoms with van der Waals surface area (Å²) in [6.45, 7) is 1.89. The molecule has 1 aromatic heterocycles. The summed E-state index contributed by atoms with van der Waals surface area (Å²) < 4.78 is 5.13. The minimum atomic E-state index is -0.205. The summed E-state index contributed by atoms with van der Waals surface area (Å²) in [6, 6.07) is 13.3. The molecular weight excluding hydrogens is 310 g/mol. The number of benzene rings is 2. The summed E-state index contributed by atoms with van der Waals surface area (Å²) in [4.78, 5) is 13.4. The fraction of sp³-hybridized carbons (Fsp3) is 0.176. The number of aromatic amines is 1. The van der Waals surface area contributed by atoms with Gasteiger partial charge in [-0.1, -0.05) is 0 Å². The first kappa shape index (κ1) is 15.4. The highest BCUT2D eigenvalue weighted by atomic mass is 32.2. The highest BCUT2D eigenvalue weighted by Crippen LogP contribution is 2.26. The number of hydrogen-bond donors (Lipinski definition) is 2. The van der Waals surface area contributed by atoms with Gasteiger partial charge < -0.3 is 10.1 Å². The lowest BCUT2D eigenvalue weighted by atomic mass is 10.2. The molecule has 5 nitrogen and oxygen atoms in total. The molecule has 118 valence electrons. The van der Waals surface area contributed by atoms with Crippen LogP contribution in [0.5, 0.6) is 5.75 Å². The lowest BCUT2D eigenvalue weighted by Crippen LogP contribution is -2.22. The lowest BCUT2D eigenvalue weighted by molar-refractivity contribution is -0.115. The van der Waals surface area contributed by atoms with Crippen molar-refractivity contribution in [2.24, 2.45) is 0 Å². The lowest BCUT2D eigenvalue weighted by Gasteiger charge is -2.12. The van der Waals surface area contributed by atoms with Crippen molar-refractivity contribution in [3.63, 3.8) is 0 Å². The van der Waals surface area contributed by atoms with Crippen LogP contribution < -0.4 is 10.1 Å². The van der Waals surface area contributed by atoms with Crippen molar-refractivity contribution in [3.05, 3.63) is 48.7 Å². The Bertz CT molecular complexity index is 814. The first-order valence-corrected chi connectivity index (χ1v) is 8.08. The van der Waals surface area contributed by atoms with Crippen LogP contribution in [-0.4, -0.2) is 28.5 Å². The molecule has 1 heterocycles. The molecule has 3 rings (SSSR count). The number of hydrogen-bond acceptors (Lipinski definition) is 4. The molecule has 0 bridgehead atoms. The summed E-state index contributed by atoms with van der Waals surface area (Å²) in [5.41, 5.74) is 1.72. The molecule has 1 amide bonds. The molecule has 3 aromatic rings. The molecule has 0 saturated carbocycles. The number of aromatic nitrogens is 2. The predicted molar refractivity (Wildman–Crippen MR) is 93.0 cm³/mol. The molecule has 0 radical (unpaired) electrons. The molecule has 23 heavy (non-hydrogen) atoms. The zero-order valence-corrected chi connectivity index (χ0v) is 13.7. The standard InChI is InChI=1S/C17H17N3O2S/c1-11(23-15-6-4-14(22-2)5-7-15)17(21)19-13-3-8-16-12(9-13)10-18-20-16/h3-11H,1-2H3,(H,18,20)(H,19,21). The highest BCUT2D eigenvalue weighted by molar-refractivity contribution is 8.00. The molecule has 0 spiro atoms. The highest BCUT2D eigenvalue weighted by Gasteiger charge is 2.15. The van der Waals surface area contributed by atoms with Crippen molar-refractivity contribution in [2.75, 3.05) is 12.4 Å². The Morgan fingerprint density at radius 2 is 2.04 bits per heavy atom. The normalized spacial score (nSPS) is 12.1. The van der Waals surface area contributed by atoms with Gasteiger partial charge in [0.2, 0.25) is 5.91 Å². The number of carbonyl (C=O) groups is 1. The second kappa shape index (κ2) is 6.75. The quantitative estimate of drug-likeness (QED) is 0.701. The zero-order valence-electron chi connectivity index (χ0n) is 12.9. The number of thioether (sulfide) groups is 1. The smallest absolute Gasteiger partial charge is 0.237 e. The second-order valence-electron chi connectivity index (χ2n) is 5.10. The average molecular weight is 327 g/mol. The van der Waals surface area contributed by atoms with Gasteiger partial charge in [0, 0.05) is 16.0 Å². The van der Waals surface area contributed by atoms with Gasteiger partial charge in [-0.15, -0.1) is 11.8 Å². The summed E-state index contributed by atoms with van der Waals surface area (Å²) in [6.07, 6.45) is 1.74. The van der Waals surface area contributed by atoms with E-state index in [1.165, 1.54) is 11.8 Å². The molecule has 0 aliphatic rings. The van der Waals surface area contributed by atoms with E-state index in [9.17, 15) is 4.79 Å². The number of nitrogens with zero attached hydrogens (tertiary/aromatic N) is 1. The minimum Gasteiger partial charge on any atom is -0.497 e. The Kier molecular flexibility index (Phi) is 4.52. The number of carbonyl (C=O) groups excluding carboxylic acids is 1. The number of amides is 1. The predicted octanol–water partition coefficient (Wildman–Crippen LogP) is 3.69. The summed E-state index contributed by atoms with van der Waals surface area (Å²) in [7, 11) is 1.63. The third kappa shape index (κ3) is 3.65. The average Bonchev–Trinajstić information content (AvgIpc) is 3.03. The van der Waals surface area contributed by atoms with Gasteiger partial charge in [0.05, 0.1) is 24.1 Å². The van der Waals surface area contributed by atoms with Crippen LogP contribution in [0.15, 0.2) is 53.6 Å². The molecule has 6 heteroatoms. The number of methoxy groups -OCH3 is 1. The van der Waals surface area contributed by atoms with Crippen LogP contribution in [0.25, 0.3) is 10.9 Å². The molecule has 0 saturated heterocycles. The Hall–Kier alpha value is -2.47. The van der Waals surface area contributed by atoms with E-state index in [0.29, 0.717) is 0 Å². The van der Waals surface area contributed by atoms with Crippen LogP contribution in [0.2, 0.25) is 0 Å². The maximum Gasteiger partial charge on any atom is 0.237 e. The number of ether oxygens (including phenoxy) is 1. The monoisotopic (exact) mass is 327 g/mol. The Morgan fingerprint density at radius 3 is 2.78 bits per heavy atom. The molecule has 0 aliphatic carbocycles. The fourth-order valence-corrected chi connectivity index (χ4v) is 3.04. The van der Waals surface area contributed by atoms with Crippen molar-refractivity contribution in [1.29, 1.82) is 0 Å².